The number of carboxylic acid groups (broad SMARTS) is 1. The molecule has 0 aromatic heterocycles. The summed E-state index contributed by atoms with van der Waals surface area (Å²) < 4.78 is 0. The van der Waals surface area contributed by atoms with E-state index in [0.717, 1.165) is 10.8 Å². The number of benzene rings is 2. The van der Waals surface area contributed by atoms with Crippen LogP contribution in [-0.4, -0.2) is 30.9 Å². The Morgan fingerprint density at radius 1 is 1.00 bits per heavy atom. The first kappa shape index (κ1) is 10.9. The van der Waals surface area contributed by atoms with E-state index in [-0.39, 0.29) is 19.8 Å². The van der Waals surface area contributed by atoms with E-state index in [0.29, 0.717) is 5.56 Å². The molecule has 14 heavy (non-hydrogen) atoms. The fourth-order valence-electron chi connectivity index (χ4n) is 1.41. The second kappa shape index (κ2) is 4.35. The molecule has 3 heteroatoms. The zero-order valence-electron chi connectivity index (χ0n) is 6.90. The SMILES string of the molecule is O=C(O)c1cccc2ccccc12.[GaH3]. The molecule has 0 saturated carbocycles. The Balaban J connectivity index is 0.000000980. The maximum absolute atomic E-state index is 10.8. The molecule has 0 aliphatic heterocycles. The molecule has 0 fully saturated rings. The third-order valence-corrected chi connectivity index (χ3v) is 2.02. The fourth-order valence-corrected chi connectivity index (χ4v) is 1.41. The number of hydrogen-bond acceptors (Lipinski definition) is 1. The fraction of sp³-hybridized carbons (Fsp3) is 0. The molecule has 1 N–H and O–H groups in total. The normalized spacial score (nSPS) is 9.43. The third kappa shape index (κ3) is 1.83. The van der Waals surface area contributed by atoms with Gasteiger partial charge in [0.15, 0.2) is 0 Å². The molecule has 0 aliphatic carbocycles. The van der Waals surface area contributed by atoms with Crippen molar-refractivity contribution in [2.75, 3.05) is 0 Å². The van der Waals surface area contributed by atoms with Gasteiger partial charge in [0.05, 0.1) is 5.56 Å². The van der Waals surface area contributed by atoms with Crippen LogP contribution in [0.15, 0.2) is 42.5 Å². The molecule has 0 atom stereocenters. The summed E-state index contributed by atoms with van der Waals surface area (Å²) in [5, 5.41) is 10.6. The molecular formula is C11H11GaO2. The quantitative estimate of drug-likeness (QED) is 0.770. The summed E-state index contributed by atoms with van der Waals surface area (Å²) in [5.41, 5.74) is 0.359. The minimum atomic E-state index is -0.878. The molecule has 2 rings (SSSR count). The van der Waals surface area contributed by atoms with Crippen molar-refractivity contribution in [2.24, 2.45) is 0 Å². The molecule has 2 aromatic carbocycles. The van der Waals surface area contributed by atoms with Gasteiger partial charge in [-0.3, -0.25) is 0 Å². The number of rotatable bonds is 1. The van der Waals surface area contributed by atoms with Crippen LogP contribution in [0.4, 0.5) is 0 Å². The van der Waals surface area contributed by atoms with E-state index in [1.54, 1.807) is 12.1 Å². The van der Waals surface area contributed by atoms with Gasteiger partial charge in [-0.05, 0) is 16.8 Å². The van der Waals surface area contributed by atoms with E-state index in [9.17, 15) is 4.79 Å². The topological polar surface area (TPSA) is 37.3 Å². The van der Waals surface area contributed by atoms with Gasteiger partial charge >= 0.3 is 25.8 Å². The standard InChI is InChI=1S/C11H8O2.Ga.3H/c12-11(13)10-7-3-5-8-4-1-2-6-9(8)10;;;;/h1-7H,(H,12,13);;;;. The number of aromatic carboxylic acids is 1. The van der Waals surface area contributed by atoms with Gasteiger partial charge in [-0.2, -0.15) is 0 Å². The van der Waals surface area contributed by atoms with Crippen molar-refractivity contribution in [1.82, 2.24) is 0 Å². The number of carbonyl (C=O) groups is 1. The van der Waals surface area contributed by atoms with Gasteiger partial charge in [0.1, 0.15) is 0 Å². The van der Waals surface area contributed by atoms with Crippen molar-refractivity contribution in [2.45, 2.75) is 0 Å². The minimum absolute atomic E-state index is 0. The van der Waals surface area contributed by atoms with Crippen molar-refractivity contribution in [3.63, 3.8) is 0 Å². The zero-order chi connectivity index (χ0) is 9.26. The van der Waals surface area contributed by atoms with Crippen LogP contribution in [-0.2, 0) is 0 Å². The summed E-state index contributed by atoms with van der Waals surface area (Å²) in [6.45, 7) is 0. The predicted molar refractivity (Wildman–Crippen MR) is 60.8 cm³/mol. The zero-order valence-corrected chi connectivity index (χ0v) is 6.90. The van der Waals surface area contributed by atoms with Crippen molar-refractivity contribution in [1.29, 1.82) is 0 Å². The Bertz CT molecular complexity index is 460. The van der Waals surface area contributed by atoms with Gasteiger partial charge in [-0.1, -0.05) is 36.4 Å². The summed E-state index contributed by atoms with van der Waals surface area (Å²) in [7, 11) is 0. The van der Waals surface area contributed by atoms with Crippen molar-refractivity contribution in [3.8, 4) is 0 Å². The van der Waals surface area contributed by atoms with E-state index in [1.807, 2.05) is 30.3 Å². The average Bonchev–Trinajstić information content (AvgIpc) is 2.17. The maximum atomic E-state index is 10.8. The summed E-state index contributed by atoms with van der Waals surface area (Å²) in [5.74, 6) is -0.878. The first-order valence-corrected chi connectivity index (χ1v) is 4.00. The monoisotopic (exact) mass is 244 g/mol. The van der Waals surface area contributed by atoms with Crippen LogP contribution in [0.1, 0.15) is 10.4 Å². The summed E-state index contributed by atoms with van der Waals surface area (Å²) in [6, 6.07) is 12.7. The van der Waals surface area contributed by atoms with Crippen LogP contribution >= 0.6 is 0 Å². The van der Waals surface area contributed by atoms with Crippen LogP contribution in [0.3, 0.4) is 0 Å². The molecule has 0 aliphatic rings. The van der Waals surface area contributed by atoms with Gasteiger partial charge in [-0.15, -0.1) is 0 Å². The third-order valence-electron chi connectivity index (χ3n) is 2.02. The molecular weight excluding hydrogens is 234 g/mol. The van der Waals surface area contributed by atoms with Gasteiger partial charge < -0.3 is 5.11 Å². The summed E-state index contributed by atoms with van der Waals surface area (Å²) in [6.07, 6.45) is 0. The average molecular weight is 245 g/mol. The van der Waals surface area contributed by atoms with Gasteiger partial charge in [0.2, 0.25) is 0 Å². The van der Waals surface area contributed by atoms with Crippen LogP contribution in [0.25, 0.3) is 10.8 Å². The molecule has 0 radical (unpaired) electrons. The van der Waals surface area contributed by atoms with Crippen molar-refractivity contribution in [3.05, 3.63) is 48.0 Å². The molecule has 0 bridgehead atoms. The van der Waals surface area contributed by atoms with Crippen LogP contribution in [0, 0.1) is 0 Å². The summed E-state index contributed by atoms with van der Waals surface area (Å²) >= 11 is 0. The van der Waals surface area contributed by atoms with E-state index < -0.39 is 5.97 Å². The van der Waals surface area contributed by atoms with Crippen LogP contribution in [0.5, 0.6) is 0 Å². The predicted octanol–water partition coefficient (Wildman–Crippen LogP) is 1.35. The molecule has 0 unspecified atom stereocenters. The molecule has 0 amide bonds. The molecule has 0 heterocycles. The number of fused-ring (bicyclic) bond motifs is 1. The van der Waals surface area contributed by atoms with Gasteiger partial charge in [0, 0.05) is 0 Å². The Morgan fingerprint density at radius 2 is 1.64 bits per heavy atom. The number of hydrogen-bond donors (Lipinski definition) is 1. The Hall–Kier alpha value is -1.19. The molecule has 70 valence electrons. The first-order chi connectivity index (χ1) is 6.29. The van der Waals surface area contributed by atoms with Crippen molar-refractivity contribution >= 4 is 36.5 Å². The Kier molecular flexibility index (Phi) is 3.38. The van der Waals surface area contributed by atoms with Gasteiger partial charge in [0.25, 0.3) is 0 Å². The van der Waals surface area contributed by atoms with E-state index >= 15 is 0 Å². The van der Waals surface area contributed by atoms with Gasteiger partial charge in [-0.25, -0.2) is 4.79 Å². The molecule has 0 spiro atoms. The second-order valence-electron chi connectivity index (χ2n) is 2.83. The molecule has 0 saturated heterocycles. The van der Waals surface area contributed by atoms with E-state index in [1.165, 1.54) is 0 Å². The first-order valence-electron chi connectivity index (χ1n) is 4.00. The van der Waals surface area contributed by atoms with Crippen LogP contribution < -0.4 is 0 Å². The van der Waals surface area contributed by atoms with E-state index in [4.69, 9.17) is 5.11 Å². The number of carboxylic acids is 1. The Morgan fingerprint density at radius 3 is 2.36 bits per heavy atom. The molecule has 2 aromatic rings. The van der Waals surface area contributed by atoms with Crippen LogP contribution in [0.2, 0.25) is 0 Å². The second-order valence-corrected chi connectivity index (χ2v) is 2.83. The van der Waals surface area contributed by atoms with E-state index in [2.05, 4.69) is 0 Å². The molecule has 2 nitrogen and oxygen atoms in total. The summed E-state index contributed by atoms with van der Waals surface area (Å²) in [4.78, 5) is 10.8. The van der Waals surface area contributed by atoms with Crippen molar-refractivity contribution < 1.29 is 9.90 Å². The Labute approximate surface area is 94.6 Å².